The van der Waals surface area contributed by atoms with Crippen LogP contribution in [-0.2, 0) is 0 Å². The predicted molar refractivity (Wildman–Crippen MR) is 52.5 cm³/mol. The van der Waals surface area contributed by atoms with Gasteiger partial charge >= 0.3 is 5.76 Å². The highest BCUT2D eigenvalue weighted by atomic mass is 79.9. The highest BCUT2D eigenvalue weighted by molar-refractivity contribution is 9.10. The Balaban J connectivity index is 3.07. The Labute approximate surface area is 84.4 Å². The molecule has 1 aromatic heterocycles. The Kier molecular flexibility index (Phi) is 1.84. The van der Waals surface area contributed by atoms with Gasteiger partial charge in [0.25, 0.3) is 0 Å². The molecule has 0 bridgehead atoms. The van der Waals surface area contributed by atoms with Crippen molar-refractivity contribution in [2.45, 2.75) is 0 Å². The van der Waals surface area contributed by atoms with E-state index in [0.717, 1.165) is 4.47 Å². The molecule has 0 atom stereocenters. The number of halogens is 2. The van der Waals surface area contributed by atoms with Crippen LogP contribution in [0.15, 0.2) is 31.9 Å². The van der Waals surface area contributed by atoms with E-state index in [1.54, 1.807) is 6.07 Å². The van der Waals surface area contributed by atoms with Crippen LogP contribution in [0, 0.1) is 0 Å². The Morgan fingerprint density at radius 3 is 2.83 bits per heavy atom. The zero-order valence-corrected chi connectivity index (χ0v) is 8.92. The second-order valence-corrected chi connectivity index (χ2v) is 3.80. The fraction of sp³-hybridized carbons (Fsp3) is 0. The molecule has 1 aromatic carbocycles. The van der Waals surface area contributed by atoms with E-state index in [4.69, 9.17) is 4.42 Å². The molecule has 0 amide bonds. The van der Waals surface area contributed by atoms with E-state index in [9.17, 15) is 4.79 Å². The number of hydrogen-bond donors (Lipinski definition) is 0. The van der Waals surface area contributed by atoms with Crippen LogP contribution in [0.5, 0.6) is 0 Å². The van der Waals surface area contributed by atoms with Gasteiger partial charge in [0.15, 0.2) is 5.58 Å². The second-order valence-electron chi connectivity index (χ2n) is 2.24. The molecule has 0 fully saturated rings. The fourth-order valence-electron chi connectivity index (χ4n) is 0.994. The van der Waals surface area contributed by atoms with Crippen molar-refractivity contribution >= 4 is 43.2 Å². The molecule has 0 aliphatic carbocycles. The molecule has 0 saturated heterocycles. The Morgan fingerprint density at radius 1 is 1.42 bits per heavy atom. The normalized spacial score (nSPS) is 10.8. The second kappa shape index (κ2) is 2.74. The zero-order valence-electron chi connectivity index (χ0n) is 5.75. The van der Waals surface area contributed by atoms with Crippen LogP contribution >= 0.6 is 32.1 Å². The molecule has 0 unspecified atom stereocenters. The Morgan fingerprint density at radius 2 is 2.17 bits per heavy atom. The molecule has 0 radical (unpaired) electrons. The summed E-state index contributed by atoms with van der Waals surface area (Å²) in [6, 6.07) is 5.39. The van der Waals surface area contributed by atoms with E-state index >= 15 is 0 Å². The maximum Gasteiger partial charge on any atom is 0.430 e. The first kappa shape index (κ1) is 8.07. The monoisotopic (exact) mass is 291 g/mol. The number of nitrogens with zero attached hydrogens (tertiary/aromatic N) is 1. The third-order valence-electron chi connectivity index (χ3n) is 1.50. The van der Waals surface area contributed by atoms with Gasteiger partial charge in [0.05, 0.1) is 16.1 Å². The zero-order chi connectivity index (χ0) is 8.72. The van der Waals surface area contributed by atoms with Crippen LogP contribution < -0.4 is 5.76 Å². The highest BCUT2D eigenvalue weighted by Crippen LogP contribution is 2.23. The first-order valence-electron chi connectivity index (χ1n) is 3.16. The summed E-state index contributed by atoms with van der Waals surface area (Å²) in [5, 5.41) is 0. The van der Waals surface area contributed by atoms with Crippen LogP contribution in [0.3, 0.4) is 0 Å². The SMILES string of the molecule is O=c1oc2cccc(Br)c2n1Br. The van der Waals surface area contributed by atoms with E-state index in [-0.39, 0.29) is 0 Å². The van der Waals surface area contributed by atoms with Crippen molar-refractivity contribution in [3.63, 3.8) is 0 Å². The third-order valence-corrected chi connectivity index (χ3v) is 2.79. The first-order valence-corrected chi connectivity index (χ1v) is 4.66. The van der Waals surface area contributed by atoms with Gasteiger partial charge in [-0.2, -0.15) is 0 Å². The lowest BCUT2D eigenvalue weighted by atomic mass is 10.3. The van der Waals surface area contributed by atoms with Gasteiger partial charge in [-0.25, -0.2) is 8.39 Å². The van der Waals surface area contributed by atoms with E-state index in [0.29, 0.717) is 11.1 Å². The first-order chi connectivity index (χ1) is 5.70. The fourth-order valence-corrected chi connectivity index (χ4v) is 2.20. The number of oxazole rings is 1. The van der Waals surface area contributed by atoms with Gasteiger partial charge in [-0.15, -0.1) is 0 Å². The standard InChI is InChI=1S/C7H3Br2NO2/c8-4-2-1-3-5-6(4)10(9)7(11)12-5/h1-3H. The third kappa shape index (κ3) is 1.04. The molecular weight excluding hydrogens is 290 g/mol. The summed E-state index contributed by atoms with van der Waals surface area (Å²) in [5.74, 6) is -0.420. The van der Waals surface area contributed by atoms with E-state index in [1.807, 2.05) is 12.1 Å². The van der Waals surface area contributed by atoms with Gasteiger partial charge in [-0.05, 0) is 28.1 Å². The van der Waals surface area contributed by atoms with Crippen molar-refractivity contribution < 1.29 is 4.42 Å². The van der Waals surface area contributed by atoms with E-state index in [2.05, 4.69) is 32.1 Å². The van der Waals surface area contributed by atoms with Crippen molar-refractivity contribution in [3.8, 4) is 0 Å². The summed E-state index contributed by atoms with van der Waals surface area (Å²) in [7, 11) is 0. The number of hydrogen-bond acceptors (Lipinski definition) is 2. The van der Waals surface area contributed by atoms with Gasteiger partial charge in [0, 0.05) is 4.47 Å². The maximum absolute atomic E-state index is 11.0. The van der Waals surface area contributed by atoms with Gasteiger partial charge in [-0.1, -0.05) is 6.07 Å². The minimum Gasteiger partial charge on any atom is -0.407 e. The van der Waals surface area contributed by atoms with Crippen molar-refractivity contribution in [2.24, 2.45) is 0 Å². The topological polar surface area (TPSA) is 35.1 Å². The molecule has 5 heteroatoms. The van der Waals surface area contributed by atoms with Gasteiger partial charge in [0.1, 0.15) is 5.52 Å². The van der Waals surface area contributed by atoms with Crippen LogP contribution in [0.1, 0.15) is 0 Å². The van der Waals surface area contributed by atoms with Crippen molar-refractivity contribution in [3.05, 3.63) is 33.2 Å². The van der Waals surface area contributed by atoms with Crippen LogP contribution in [0.4, 0.5) is 0 Å². The maximum atomic E-state index is 11.0. The number of aromatic nitrogens is 1. The number of fused-ring (bicyclic) bond motifs is 1. The molecule has 3 nitrogen and oxygen atoms in total. The molecule has 2 aromatic rings. The predicted octanol–water partition coefficient (Wildman–Crippen LogP) is 2.52. The lowest BCUT2D eigenvalue weighted by Gasteiger charge is -1.91. The lowest BCUT2D eigenvalue weighted by molar-refractivity contribution is 0.551. The van der Waals surface area contributed by atoms with Gasteiger partial charge in [-0.3, -0.25) is 0 Å². The Bertz CT molecular complexity index is 486. The van der Waals surface area contributed by atoms with E-state index in [1.165, 1.54) is 3.59 Å². The minimum absolute atomic E-state index is 0.420. The summed E-state index contributed by atoms with van der Waals surface area (Å²) >= 11 is 6.39. The molecule has 12 heavy (non-hydrogen) atoms. The van der Waals surface area contributed by atoms with Crippen molar-refractivity contribution in [2.75, 3.05) is 0 Å². The molecule has 1 heterocycles. The van der Waals surface area contributed by atoms with E-state index < -0.39 is 5.76 Å². The number of para-hydroxylation sites is 1. The summed E-state index contributed by atoms with van der Waals surface area (Å²) < 4.78 is 7.02. The molecule has 0 aliphatic heterocycles. The molecule has 62 valence electrons. The van der Waals surface area contributed by atoms with Gasteiger partial charge < -0.3 is 4.42 Å². The highest BCUT2D eigenvalue weighted by Gasteiger charge is 2.08. The Hall–Kier alpha value is -0.550. The molecule has 2 rings (SSSR count). The average Bonchev–Trinajstić information content (AvgIpc) is 2.29. The lowest BCUT2D eigenvalue weighted by Crippen LogP contribution is -2.02. The van der Waals surface area contributed by atoms with Crippen LogP contribution in [0.25, 0.3) is 11.1 Å². The number of rotatable bonds is 0. The van der Waals surface area contributed by atoms with Crippen molar-refractivity contribution in [1.29, 1.82) is 0 Å². The minimum atomic E-state index is -0.420. The van der Waals surface area contributed by atoms with Crippen molar-refractivity contribution in [1.82, 2.24) is 3.59 Å². The number of benzene rings is 1. The molecule has 0 spiro atoms. The molecule has 0 aliphatic rings. The molecule has 0 N–H and O–H groups in total. The van der Waals surface area contributed by atoms with Gasteiger partial charge in [0.2, 0.25) is 0 Å². The average molecular weight is 293 g/mol. The molecule has 0 saturated carbocycles. The summed E-state index contributed by atoms with van der Waals surface area (Å²) in [5.41, 5.74) is 1.27. The summed E-state index contributed by atoms with van der Waals surface area (Å²) in [6.45, 7) is 0. The summed E-state index contributed by atoms with van der Waals surface area (Å²) in [6.07, 6.45) is 0. The largest absolute Gasteiger partial charge is 0.430 e. The molecular formula is C7H3Br2NO2. The quantitative estimate of drug-likeness (QED) is 0.748. The smallest absolute Gasteiger partial charge is 0.407 e. The van der Waals surface area contributed by atoms with Crippen LogP contribution in [0.2, 0.25) is 0 Å². The van der Waals surface area contributed by atoms with Crippen LogP contribution in [-0.4, -0.2) is 3.59 Å². The summed E-state index contributed by atoms with van der Waals surface area (Å²) in [4.78, 5) is 11.0.